The average molecular weight is 388 g/mol. The number of ether oxygens (including phenoxy) is 1. The highest BCUT2D eigenvalue weighted by Gasteiger charge is 2.70. The van der Waals surface area contributed by atoms with Gasteiger partial charge in [0.1, 0.15) is 6.10 Å². The van der Waals surface area contributed by atoms with Gasteiger partial charge >= 0.3 is 18.3 Å². The Bertz CT molecular complexity index is 540. The lowest BCUT2D eigenvalue weighted by Gasteiger charge is -2.39. The minimum atomic E-state index is -5.80. The first-order valence-electron chi connectivity index (χ1n) is 8.47. The molecule has 3 fully saturated rings. The topological polar surface area (TPSA) is 46.5 Å². The predicted molar refractivity (Wildman–Crippen MR) is 79.9 cm³/mol. The maximum Gasteiger partial charge on any atom is 0.426 e. The first-order chi connectivity index (χ1) is 11.7. The third-order valence-corrected chi connectivity index (χ3v) is 5.53. The number of esters is 1. The van der Waals surface area contributed by atoms with Crippen molar-refractivity contribution in [1.82, 2.24) is 0 Å². The fraction of sp³-hybridized carbons (Fsp3) is 0.824. The number of alkyl halides is 6. The summed E-state index contributed by atoms with van der Waals surface area (Å²) in [6, 6.07) is 0. The molecule has 4 unspecified atom stereocenters. The van der Waals surface area contributed by atoms with Gasteiger partial charge < -0.3 is 9.84 Å². The van der Waals surface area contributed by atoms with E-state index < -0.39 is 48.3 Å². The molecule has 9 heteroatoms. The normalized spacial score (nSPS) is 30.0. The van der Waals surface area contributed by atoms with Gasteiger partial charge in [-0.05, 0) is 56.8 Å². The second-order valence-corrected chi connectivity index (χ2v) is 7.54. The molecule has 0 aromatic carbocycles. The van der Waals surface area contributed by atoms with E-state index in [2.05, 4.69) is 6.58 Å². The van der Waals surface area contributed by atoms with Gasteiger partial charge in [0, 0.05) is 5.57 Å². The monoisotopic (exact) mass is 388 g/mol. The highest BCUT2D eigenvalue weighted by atomic mass is 19.4. The Balaban J connectivity index is 2.17. The Labute approximate surface area is 147 Å². The molecule has 3 aliphatic rings. The van der Waals surface area contributed by atoms with Crippen LogP contribution in [-0.2, 0) is 9.53 Å². The molecule has 0 radical (unpaired) electrons. The standard InChI is InChI=1S/C17H22F6O3/c1-9(2)14(24)26-13-6-10-3-4-11(7-13)12(5-10)8-15(25,16(18,19)20)17(21,22)23/h10-13,25H,1,3-8H2,2H3. The van der Waals surface area contributed by atoms with Crippen LogP contribution in [-0.4, -0.2) is 35.1 Å². The Hall–Kier alpha value is -1.25. The molecule has 0 spiro atoms. The fourth-order valence-electron chi connectivity index (χ4n) is 4.12. The van der Waals surface area contributed by atoms with E-state index in [9.17, 15) is 36.2 Å². The lowest BCUT2D eigenvalue weighted by atomic mass is 9.71. The van der Waals surface area contributed by atoms with Gasteiger partial charge in [-0.25, -0.2) is 4.79 Å². The smallest absolute Gasteiger partial charge is 0.426 e. The summed E-state index contributed by atoms with van der Waals surface area (Å²) in [5.41, 5.74) is -4.54. The Morgan fingerprint density at radius 2 is 1.65 bits per heavy atom. The van der Waals surface area contributed by atoms with Gasteiger partial charge in [0.2, 0.25) is 0 Å². The molecular formula is C17H22F6O3. The van der Waals surface area contributed by atoms with Crippen LogP contribution < -0.4 is 0 Å². The highest BCUT2D eigenvalue weighted by molar-refractivity contribution is 5.87. The molecule has 3 aliphatic carbocycles. The zero-order valence-electron chi connectivity index (χ0n) is 14.3. The minimum Gasteiger partial charge on any atom is -0.459 e. The molecule has 2 bridgehead atoms. The lowest BCUT2D eigenvalue weighted by Crippen LogP contribution is -2.58. The van der Waals surface area contributed by atoms with Crippen LogP contribution in [0.15, 0.2) is 12.2 Å². The van der Waals surface area contributed by atoms with Crippen LogP contribution in [0.1, 0.15) is 45.4 Å². The van der Waals surface area contributed by atoms with E-state index in [0.29, 0.717) is 19.3 Å². The maximum absolute atomic E-state index is 13.0. The third kappa shape index (κ3) is 4.18. The minimum absolute atomic E-state index is 0.132. The number of hydrogen-bond acceptors (Lipinski definition) is 3. The van der Waals surface area contributed by atoms with Crippen molar-refractivity contribution in [3.63, 3.8) is 0 Å². The summed E-state index contributed by atoms with van der Waals surface area (Å²) in [7, 11) is 0. The van der Waals surface area contributed by atoms with Crippen LogP contribution in [0.4, 0.5) is 26.3 Å². The van der Waals surface area contributed by atoms with Crippen LogP contribution >= 0.6 is 0 Å². The summed E-state index contributed by atoms with van der Waals surface area (Å²) in [5.74, 6) is -2.15. The van der Waals surface area contributed by atoms with Crippen molar-refractivity contribution >= 4 is 5.97 Å². The molecule has 26 heavy (non-hydrogen) atoms. The van der Waals surface area contributed by atoms with Gasteiger partial charge in [0.25, 0.3) is 5.60 Å². The van der Waals surface area contributed by atoms with Gasteiger partial charge in [-0.1, -0.05) is 13.0 Å². The van der Waals surface area contributed by atoms with E-state index in [4.69, 9.17) is 4.74 Å². The number of halogens is 6. The maximum atomic E-state index is 13.0. The second kappa shape index (κ2) is 7.05. The summed E-state index contributed by atoms with van der Waals surface area (Å²) in [6.45, 7) is 4.92. The quantitative estimate of drug-likeness (QED) is 0.437. The zero-order valence-corrected chi connectivity index (χ0v) is 14.3. The van der Waals surface area contributed by atoms with Crippen LogP contribution in [0.25, 0.3) is 0 Å². The van der Waals surface area contributed by atoms with E-state index in [1.807, 2.05) is 0 Å². The van der Waals surface area contributed by atoms with E-state index >= 15 is 0 Å². The molecule has 3 nitrogen and oxygen atoms in total. The van der Waals surface area contributed by atoms with E-state index in [1.165, 1.54) is 6.92 Å². The van der Waals surface area contributed by atoms with Crippen molar-refractivity contribution < 1.29 is 41.0 Å². The Morgan fingerprint density at radius 3 is 2.15 bits per heavy atom. The van der Waals surface area contributed by atoms with Gasteiger partial charge in [0.15, 0.2) is 0 Å². The van der Waals surface area contributed by atoms with E-state index in [-0.39, 0.29) is 24.3 Å². The number of rotatable bonds is 4. The molecule has 0 aliphatic heterocycles. The molecule has 3 rings (SSSR count). The SMILES string of the molecule is C=C(C)C(=O)OC1CC2CCC(C1)C(CC(O)(C(F)(F)F)C(F)(F)F)C2. The number of carbonyl (C=O) groups is 1. The van der Waals surface area contributed by atoms with E-state index in [0.717, 1.165) is 0 Å². The molecule has 4 atom stereocenters. The van der Waals surface area contributed by atoms with E-state index in [1.54, 1.807) is 0 Å². The number of hydrogen-bond donors (Lipinski definition) is 1. The van der Waals surface area contributed by atoms with Crippen molar-refractivity contribution in [3.05, 3.63) is 12.2 Å². The Morgan fingerprint density at radius 1 is 1.08 bits per heavy atom. The molecule has 0 aromatic rings. The fourth-order valence-corrected chi connectivity index (χ4v) is 4.12. The van der Waals surface area contributed by atoms with Gasteiger partial charge in [-0.3, -0.25) is 0 Å². The molecule has 0 heterocycles. The molecule has 0 amide bonds. The van der Waals surface area contributed by atoms with Crippen molar-refractivity contribution in [3.8, 4) is 0 Å². The first kappa shape index (κ1) is 21.1. The largest absolute Gasteiger partial charge is 0.459 e. The molecule has 3 saturated carbocycles. The summed E-state index contributed by atoms with van der Waals surface area (Å²) in [4.78, 5) is 11.7. The summed E-state index contributed by atoms with van der Waals surface area (Å²) in [5, 5.41) is 9.49. The number of aliphatic hydroxyl groups is 1. The van der Waals surface area contributed by atoms with Crippen molar-refractivity contribution in [2.24, 2.45) is 17.8 Å². The second-order valence-electron chi connectivity index (χ2n) is 7.54. The van der Waals surface area contributed by atoms with Crippen LogP contribution in [0, 0.1) is 17.8 Å². The molecule has 0 aromatic heterocycles. The van der Waals surface area contributed by atoms with Crippen LogP contribution in [0.3, 0.4) is 0 Å². The molecular weight excluding hydrogens is 366 g/mol. The van der Waals surface area contributed by atoms with Gasteiger partial charge in [-0.15, -0.1) is 0 Å². The van der Waals surface area contributed by atoms with Crippen molar-refractivity contribution in [2.45, 2.75) is 69.5 Å². The number of carbonyl (C=O) groups excluding carboxylic acids is 1. The lowest BCUT2D eigenvalue weighted by molar-refractivity contribution is -0.374. The zero-order chi connectivity index (χ0) is 19.9. The molecule has 1 N–H and O–H groups in total. The summed E-state index contributed by atoms with van der Waals surface area (Å²) < 4.78 is 83.2. The predicted octanol–water partition coefficient (Wildman–Crippen LogP) is 4.55. The molecule has 0 saturated heterocycles. The van der Waals surface area contributed by atoms with Crippen LogP contribution in [0.5, 0.6) is 0 Å². The molecule has 150 valence electrons. The van der Waals surface area contributed by atoms with Crippen molar-refractivity contribution in [2.75, 3.05) is 0 Å². The summed E-state index contributed by atoms with van der Waals surface area (Å²) >= 11 is 0. The van der Waals surface area contributed by atoms with Crippen LogP contribution in [0.2, 0.25) is 0 Å². The van der Waals surface area contributed by atoms with Crippen molar-refractivity contribution in [1.29, 1.82) is 0 Å². The third-order valence-electron chi connectivity index (χ3n) is 5.53. The highest BCUT2D eigenvalue weighted by Crippen LogP contribution is 2.52. The summed E-state index contributed by atoms with van der Waals surface area (Å²) in [6.07, 6.45) is -11.7. The Kier molecular flexibility index (Phi) is 5.71. The number of fused-ring (bicyclic) bond motifs is 4. The van der Waals surface area contributed by atoms with Gasteiger partial charge in [0.05, 0.1) is 0 Å². The average Bonchev–Trinajstić information content (AvgIpc) is 2.75. The van der Waals surface area contributed by atoms with Gasteiger partial charge in [-0.2, -0.15) is 26.3 Å². The first-order valence-corrected chi connectivity index (χ1v) is 8.47.